The van der Waals surface area contributed by atoms with E-state index in [1.165, 1.54) is 31.4 Å². The van der Waals surface area contributed by atoms with Crippen LogP contribution in [0.5, 0.6) is 5.75 Å². The van der Waals surface area contributed by atoms with Crippen molar-refractivity contribution < 1.29 is 29.3 Å². The number of urea groups is 1. The molecular formula is C12H14N2O6. The van der Waals surface area contributed by atoms with Crippen LogP contribution in [-0.4, -0.2) is 48.4 Å². The van der Waals surface area contributed by atoms with Crippen molar-refractivity contribution in [1.82, 2.24) is 5.32 Å². The van der Waals surface area contributed by atoms with Gasteiger partial charge >= 0.3 is 18.0 Å². The molecule has 0 saturated carbocycles. The first-order valence-corrected chi connectivity index (χ1v) is 5.57. The van der Waals surface area contributed by atoms with Crippen molar-refractivity contribution in [2.75, 3.05) is 25.1 Å². The van der Waals surface area contributed by atoms with Crippen molar-refractivity contribution >= 4 is 23.7 Å². The van der Waals surface area contributed by atoms with Crippen molar-refractivity contribution in [1.29, 1.82) is 0 Å². The number of aromatic hydroxyl groups is 1. The van der Waals surface area contributed by atoms with E-state index in [9.17, 15) is 19.5 Å². The smallest absolute Gasteiger partial charge is 0.325 e. The number of ether oxygens (including phenoxy) is 1. The minimum absolute atomic E-state index is 0.0148. The predicted octanol–water partition coefficient (Wildman–Crippen LogP) is 0.166. The molecule has 0 heterocycles. The zero-order valence-corrected chi connectivity index (χ0v) is 10.7. The average Bonchev–Trinajstić information content (AvgIpc) is 2.42. The second-order valence-corrected chi connectivity index (χ2v) is 3.73. The van der Waals surface area contributed by atoms with Gasteiger partial charge in [0.25, 0.3) is 0 Å². The van der Waals surface area contributed by atoms with Crippen LogP contribution >= 0.6 is 0 Å². The van der Waals surface area contributed by atoms with Crippen LogP contribution in [0, 0.1) is 0 Å². The lowest BCUT2D eigenvalue weighted by Crippen LogP contribution is -2.44. The molecule has 0 aliphatic carbocycles. The summed E-state index contributed by atoms with van der Waals surface area (Å²) < 4.78 is 4.36. The van der Waals surface area contributed by atoms with E-state index < -0.39 is 24.5 Å². The highest BCUT2D eigenvalue weighted by Gasteiger charge is 2.19. The van der Waals surface area contributed by atoms with E-state index in [-0.39, 0.29) is 18.0 Å². The van der Waals surface area contributed by atoms with Gasteiger partial charge in [-0.1, -0.05) is 0 Å². The number of phenolic OH excluding ortho intramolecular Hbond substituents is 1. The number of hydrogen-bond donors (Lipinski definition) is 3. The summed E-state index contributed by atoms with van der Waals surface area (Å²) >= 11 is 0. The molecule has 8 nitrogen and oxygen atoms in total. The molecule has 1 rings (SSSR count). The molecule has 8 heteroatoms. The van der Waals surface area contributed by atoms with E-state index in [4.69, 9.17) is 5.11 Å². The van der Waals surface area contributed by atoms with Gasteiger partial charge in [0.1, 0.15) is 18.8 Å². The Balaban J connectivity index is 2.83. The molecule has 0 unspecified atom stereocenters. The van der Waals surface area contributed by atoms with Gasteiger partial charge in [0.2, 0.25) is 0 Å². The highest BCUT2D eigenvalue weighted by atomic mass is 16.5. The molecule has 1 aromatic rings. The summed E-state index contributed by atoms with van der Waals surface area (Å²) in [7, 11) is 1.17. The Bertz CT molecular complexity index is 499. The van der Waals surface area contributed by atoms with Crippen LogP contribution in [-0.2, 0) is 14.3 Å². The molecule has 0 radical (unpaired) electrons. The van der Waals surface area contributed by atoms with Gasteiger partial charge in [0, 0.05) is 5.69 Å². The summed E-state index contributed by atoms with van der Waals surface area (Å²) in [5.41, 5.74) is 0.271. The van der Waals surface area contributed by atoms with Gasteiger partial charge in [-0.25, -0.2) is 4.79 Å². The lowest BCUT2D eigenvalue weighted by atomic mass is 10.3. The Morgan fingerprint density at radius 2 is 1.85 bits per heavy atom. The maximum absolute atomic E-state index is 11.9. The maximum atomic E-state index is 11.9. The molecule has 1 aromatic carbocycles. The van der Waals surface area contributed by atoms with Crippen molar-refractivity contribution in [3.63, 3.8) is 0 Å². The van der Waals surface area contributed by atoms with Gasteiger partial charge in [-0.3, -0.25) is 14.5 Å². The Hall–Kier alpha value is -2.77. The number of esters is 1. The van der Waals surface area contributed by atoms with Crippen LogP contribution in [0.1, 0.15) is 0 Å². The van der Waals surface area contributed by atoms with Crippen molar-refractivity contribution in [2.24, 2.45) is 0 Å². The number of carboxylic acids is 1. The molecule has 0 aliphatic heterocycles. The highest BCUT2D eigenvalue weighted by Crippen LogP contribution is 2.18. The predicted molar refractivity (Wildman–Crippen MR) is 68.5 cm³/mol. The number of amides is 2. The minimum Gasteiger partial charge on any atom is -0.508 e. The third kappa shape index (κ3) is 4.48. The topological polar surface area (TPSA) is 116 Å². The van der Waals surface area contributed by atoms with Crippen molar-refractivity contribution in [3.05, 3.63) is 24.3 Å². The minimum atomic E-state index is -1.22. The molecule has 0 atom stereocenters. The number of aliphatic carboxylic acids is 1. The van der Waals surface area contributed by atoms with E-state index in [0.717, 1.165) is 4.90 Å². The van der Waals surface area contributed by atoms with Crippen LogP contribution in [0.4, 0.5) is 10.5 Å². The van der Waals surface area contributed by atoms with Gasteiger partial charge in [-0.15, -0.1) is 0 Å². The van der Waals surface area contributed by atoms with E-state index >= 15 is 0 Å². The molecule has 2 amide bonds. The monoisotopic (exact) mass is 282 g/mol. The molecule has 0 aromatic heterocycles. The highest BCUT2D eigenvalue weighted by molar-refractivity contribution is 5.97. The third-order valence-electron chi connectivity index (χ3n) is 2.31. The summed E-state index contributed by atoms with van der Waals surface area (Å²) in [6, 6.07) is 4.64. The number of benzene rings is 1. The number of methoxy groups -OCH3 is 1. The molecular weight excluding hydrogens is 268 g/mol. The van der Waals surface area contributed by atoms with Gasteiger partial charge in [-0.05, 0) is 24.3 Å². The van der Waals surface area contributed by atoms with E-state index in [1.807, 2.05) is 0 Å². The molecule has 0 saturated heterocycles. The van der Waals surface area contributed by atoms with Crippen LogP contribution < -0.4 is 10.2 Å². The first-order valence-electron chi connectivity index (χ1n) is 5.57. The molecule has 20 heavy (non-hydrogen) atoms. The lowest BCUT2D eigenvalue weighted by Gasteiger charge is -2.21. The first kappa shape index (κ1) is 15.3. The number of carboxylic acid groups (broad SMARTS) is 1. The number of anilines is 1. The fourth-order valence-electron chi connectivity index (χ4n) is 1.36. The normalized spacial score (nSPS) is 9.65. The number of carbonyl (C=O) groups is 3. The van der Waals surface area contributed by atoms with Crippen molar-refractivity contribution in [3.8, 4) is 5.75 Å². The number of rotatable bonds is 5. The summed E-state index contributed by atoms with van der Waals surface area (Å²) in [5.74, 6) is -1.88. The fraction of sp³-hybridized carbons (Fsp3) is 0.250. The molecule has 3 N–H and O–H groups in total. The molecule has 108 valence electrons. The third-order valence-corrected chi connectivity index (χ3v) is 2.31. The summed E-state index contributed by atoms with van der Waals surface area (Å²) in [6.07, 6.45) is 0. The number of nitrogens with zero attached hydrogens (tertiary/aromatic N) is 1. The van der Waals surface area contributed by atoms with Gasteiger partial charge in [0.05, 0.1) is 7.11 Å². The Morgan fingerprint density at radius 1 is 1.25 bits per heavy atom. The number of nitrogens with one attached hydrogen (secondary N) is 1. The van der Waals surface area contributed by atoms with Crippen LogP contribution in [0.15, 0.2) is 24.3 Å². The van der Waals surface area contributed by atoms with Gasteiger partial charge in [-0.2, -0.15) is 0 Å². The molecule has 0 bridgehead atoms. The SMILES string of the molecule is COC(=O)CNC(=O)N(CC(=O)O)c1ccc(O)cc1. The number of carbonyl (C=O) groups excluding carboxylic acids is 2. The van der Waals surface area contributed by atoms with Crippen LogP contribution in [0.25, 0.3) is 0 Å². The van der Waals surface area contributed by atoms with Crippen molar-refractivity contribution in [2.45, 2.75) is 0 Å². The first-order chi connectivity index (χ1) is 9.43. The molecule has 0 fully saturated rings. The second kappa shape index (κ2) is 6.98. The quantitative estimate of drug-likeness (QED) is 0.663. The number of phenols is 1. The largest absolute Gasteiger partial charge is 0.508 e. The molecule has 0 spiro atoms. The second-order valence-electron chi connectivity index (χ2n) is 3.73. The summed E-state index contributed by atoms with van der Waals surface area (Å²) in [4.78, 5) is 34.5. The Morgan fingerprint density at radius 3 is 2.35 bits per heavy atom. The van der Waals surface area contributed by atoms with Gasteiger partial charge < -0.3 is 20.3 Å². The zero-order valence-electron chi connectivity index (χ0n) is 10.7. The zero-order chi connectivity index (χ0) is 15.1. The standard InChI is InChI=1S/C12H14N2O6/c1-20-11(18)6-13-12(19)14(7-10(16)17)8-2-4-9(15)5-3-8/h2-5,15H,6-7H2,1H3,(H,13,19)(H,16,17). The van der Waals surface area contributed by atoms with Crippen LogP contribution in [0.3, 0.4) is 0 Å². The molecule has 0 aliphatic rings. The summed E-state index contributed by atoms with van der Waals surface area (Å²) in [6.45, 7) is -0.957. The summed E-state index contributed by atoms with van der Waals surface area (Å²) in [5, 5.41) is 20.2. The van der Waals surface area contributed by atoms with E-state index in [0.29, 0.717) is 0 Å². The maximum Gasteiger partial charge on any atom is 0.325 e. The Labute approximate surface area is 114 Å². The average molecular weight is 282 g/mol. The van der Waals surface area contributed by atoms with Crippen LogP contribution in [0.2, 0.25) is 0 Å². The Kier molecular flexibility index (Phi) is 5.33. The fourth-order valence-corrected chi connectivity index (χ4v) is 1.36. The number of hydrogen-bond acceptors (Lipinski definition) is 5. The lowest BCUT2D eigenvalue weighted by molar-refractivity contribution is -0.139. The van der Waals surface area contributed by atoms with E-state index in [1.54, 1.807) is 0 Å². The van der Waals surface area contributed by atoms with E-state index in [2.05, 4.69) is 10.1 Å². The van der Waals surface area contributed by atoms with Gasteiger partial charge in [0.15, 0.2) is 0 Å².